The summed E-state index contributed by atoms with van der Waals surface area (Å²) in [5.74, 6) is 1.51. The zero-order valence-corrected chi connectivity index (χ0v) is 12.4. The third-order valence-corrected chi connectivity index (χ3v) is 4.49. The number of halogens is 1. The highest BCUT2D eigenvalue weighted by Crippen LogP contribution is 2.42. The first kappa shape index (κ1) is 12.7. The van der Waals surface area contributed by atoms with Crippen molar-refractivity contribution in [1.82, 2.24) is 4.98 Å². The molecule has 1 aromatic heterocycles. The fraction of sp³-hybridized carbons (Fsp3) is 0.0625. The maximum atomic E-state index is 6.13. The average molecular weight is 316 g/mol. The molecule has 0 amide bonds. The number of nitrogens with zero attached hydrogens (tertiary/aromatic N) is 1. The Bertz CT molecular complexity index is 801. The van der Waals surface area contributed by atoms with Crippen LogP contribution in [0.25, 0.3) is 21.7 Å². The zero-order valence-electron chi connectivity index (χ0n) is 10.9. The fourth-order valence-corrected chi connectivity index (χ4v) is 3.45. The summed E-state index contributed by atoms with van der Waals surface area (Å²) in [7, 11) is 0. The minimum Gasteiger partial charge on any atom is -0.454 e. The minimum atomic E-state index is 0.266. The van der Waals surface area contributed by atoms with Crippen LogP contribution in [0.3, 0.4) is 0 Å². The van der Waals surface area contributed by atoms with Crippen molar-refractivity contribution in [2.45, 2.75) is 0 Å². The van der Waals surface area contributed by atoms with Crippen LogP contribution in [0.4, 0.5) is 0 Å². The van der Waals surface area contributed by atoms with Crippen molar-refractivity contribution in [3.05, 3.63) is 53.0 Å². The number of ether oxygens (including phenoxy) is 2. The second-order valence-electron chi connectivity index (χ2n) is 4.58. The molecule has 0 bridgehead atoms. The predicted molar refractivity (Wildman–Crippen MR) is 84.1 cm³/mol. The lowest BCUT2D eigenvalue weighted by molar-refractivity contribution is 0.174. The number of rotatable bonds is 2. The maximum Gasteiger partial charge on any atom is 0.231 e. The molecule has 4 rings (SSSR count). The quantitative estimate of drug-likeness (QED) is 0.677. The molecule has 0 N–H and O–H groups in total. The summed E-state index contributed by atoms with van der Waals surface area (Å²) >= 11 is 7.61. The Morgan fingerprint density at radius 3 is 2.62 bits per heavy atom. The molecule has 0 radical (unpaired) electrons. The Morgan fingerprint density at radius 1 is 0.952 bits per heavy atom. The molecule has 0 saturated carbocycles. The summed E-state index contributed by atoms with van der Waals surface area (Å²) in [4.78, 5) is 5.53. The van der Waals surface area contributed by atoms with Gasteiger partial charge in [-0.25, -0.2) is 4.98 Å². The lowest BCUT2D eigenvalue weighted by Gasteiger charge is -2.04. The summed E-state index contributed by atoms with van der Waals surface area (Å²) < 4.78 is 11.3. The van der Waals surface area contributed by atoms with Gasteiger partial charge in [0.05, 0.1) is 10.6 Å². The molecule has 1 aliphatic rings. The molecule has 2 aromatic carbocycles. The van der Waals surface area contributed by atoms with Crippen LogP contribution in [0.5, 0.6) is 11.5 Å². The summed E-state index contributed by atoms with van der Waals surface area (Å²) in [6.07, 6.45) is 0. The normalized spacial score (nSPS) is 12.6. The summed E-state index contributed by atoms with van der Waals surface area (Å²) in [5.41, 5.74) is 2.95. The lowest BCUT2D eigenvalue weighted by Crippen LogP contribution is -1.92. The van der Waals surface area contributed by atoms with E-state index < -0.39 is 0 Å². The van der Waals surface area contributed by atoms with Crippen molar-refractivity contribution in [3.63, 3.8) is 0 Å². The van der Waals surface area contributed by atoms with E-state index in [2.05, 4.69) is 17.1 Å². The van der Waals surface area contributed by atoms with Gasteiger partial charge in [-0.2, -0.15) is 0 Å². The van der Waals surface area contributed by atoms with Gasteiger partial charge in [-0.3, -0.25) is 0 Å². The van der Waals surface area contributed by atoms with E-state index in [0.29, 0.717) is 4.47 Å². The van der Waals surface area contributed by atoms with E-state index in [1.807, 2.05) is 36.4 Å². The molecule has 0 aliphatic carbocycles. The zero-order chi connectivity index (χ0) is 14.2. The molecule has 3 aromatic rings. The van der Waals surface area contributed by atoms with Crippen molar-refractivity contribution in [1.29, 1.82) is 0 Å². The monoisotopic (exact) mass is 315 g/mol. The standard InChI is InChI=1S/C16H10ClNO2S/c17-16-18-14(15(21-16)10-4-2-1-3-5-10)11-6-7-12-13(8-11)20-9-19-12/h1-8H,9H2. The van der Waals surface area contributed by atoms with Gasteiger partial charge < -0.3 is 9.47 Å². The van der Waals surface area contributed by atoms with Gasteiger partial charge in [-0.15, -0.1) is 11.3 Å². The molecule has 0 fully saturated rings. The lowest BCUT2D eigenvalue weighted by atomic mass is 10.1. The van der Waals surface area contributed by atoms with Crippen LogP contribution >= 0.6 is 22.9 Å². The van der Waals surface area contributed by atoms with Gasteiger partial charge in [0, 0.05) is 5.56 Å². The Morgan fingerprint density at radius 2 is 1.76 bits per heavy atom. The van der Waals surface area contributed by atoms with Crippen LogP contribution in [-0.4, -0.2) is 11.8 Å². The number of fused-ring (bicyclic) bond motifs is 1. The second-order valence-corrected chi connectivity index (χ2v) is 6.16. The van der Waals surface area contributed by atoms with Crippen molar-refractivity contribution < 1.29 is 9.47 Å². The van der Waals surface area contributed by atoms with Gasteiger partial charge in [-0.05, 0) is 23.8 Å². The Balaban J connectivity index is 1.86. The van der Waals surface area contributed by atoms with Gasteiger partial charge in [0.2, 0.25) is 6.79 Å². The fourth-order valence-electron chi connectivity index (χ4n) is 2.32. The van der Waals surface area contributed by atoms with Crippen LogP contribution in [0.15, 0.2) is 48.5 Å². The first-order chi connectivity index (χ1) is 10.3. The van der Waals surface area contributed by atoms with E-state index in [1.54, 1.807) is 0 Å². The van der Waals surface area contributed by atoms with E-state index >= 15 is 0 Å². The molecule has 0 unspecified atom stereocenters. The largest absolute Gasteiger partial charge is 0.454 e. The van der Waals surface area contributed by atoms with E-state index in [1.165, 1.54) is 11.3 Å². The highest BCUT2D eigenvalue weighted by Gasteiger charge is 2.18. The topological polar surface area (TPSA) is 31.4 Å². The molecule has 104 valence electrons. The molecular formula is C16H10ClNO2S. The van der Waals surface area contributed by atoms with Gasteiger partial charge >= 0.3 is 0 Å². The smallest absolute Gasteiger partial charge is 0.231 e. The third kappa shape index (κ3) is 2.26. The molecule has 3 nitrogen and oxygen atoms in total. The predicted octanol–water partition coefficient (Wildman–Crippen LogP) is 4.86. The number of benzene rings is 2. The summed E-state index contributed by atoms with van der Waals surface area (Å²) in [5, 5.41) is 0. The first-order valence-corrected chi connectivity index (χ1v) is 7.62. The molecule has 2 heterocycles. The Kier molecular flexibility index (Phi) is 3.05. The molecule has 21 heavy (non-hydrogen) atoms. The molecule has 0 spiro atoms. The second kappa shape index (κ2) is 5.06. The minimum absolute atomic E-state index is 0.266. The highest BCUT2D eigenvalue weighted by molar-refractivity contribution is 7.19. The van der Waals surface area contributed by atoms with E-state index in [9.17, 15) is 0 Å². The molecule has 5 heteroatoms. The van der Waals surface area contributed by atoms with Crippen LogP contribution in [0.1, 0.15) is 0 Å². The van der Waals surface area contributed by atoms with Crippen LogP contribution in [0.2, 0.25) is 4.47 Å². The van der Waals surface area contributed by atoms with Gasteiger partial charge in [-0.1, -0.05) is 41.9 Å². The van der Waals surface area contributed by atoms with E-state index in [0.717, 1.165) is 33.2 Å². The van der Waals surface area contributed by atoms with Crippen molar-refractivity contribution in [2.24, 2.45) is 0 Å². The van der Waals surface area contributed by atoms with Crippen molar-refractivity contribution >= 4 is 22.9 Å². The number of hydrogen-bond acceptors (Lipinski definition) is 4. The third-order valence-electron chi connectivity index (χ3n) is 3.28. The summed E-state index contributed by atoms with van der Waals surface area (Å²) in [6, 6.07) is 15.9. The van der Waals surface area contributed by atoms with E-state index in [4.69, 9.17) is 21.1 Å². The molecular weight excluding hydrogens is 306 g/mol. The average Bonchev–Trinajstić information content (AvgIpc) is 3.13. The van der Waals surface area contributed by atoms with Gasteiger partial charge in [0.1, 0.15) is 0 Å². The van der Waals surface area contributed by atoms with Gasteiger partial charge in [0.25, 0.3) is 0 Å². The summed E-state index contributed by atoms with van der Waals surface area (Å²) in [6.45, 7) is 0.266. The van der Waals surface area contributed by atoms with Crippen LogP contribution in [-0.2, 0) is 0 Å². The SMILES string of the molecule is Clc1nc(-c2ccc3c(c2)OCO3)c(-c2ccccc2)s1. The van der Waals surface area contributed by atoms with Gasteiger partial charge in [0.15, 0.2) is 16.0 Å². The first-order valence-electron chi connectivity index (χ1n) is 6.43. The number of aromatic nitrogens is 1. The molecule has 1 aliphatic heterocycles. The Hall–Kier alpha value is -2.04. The van der Waals surface area contributed by atoms with Crippen molar-refractivity contribution in [3.8, 4) is 33.2 Å². The van der Waals surface area contributed by atoms with Crippen molar-refractivity contribution in [2.75, 3.05) is 6.79 Å². The van der Waals surface area contributed by atoms with Crippen LogP contribution < -0.4 is 9.47 Å². The number of hydrogen-bond donors (Lipinski definition) is 0. The van der Waals surface area contributed by atoms with Crippen LogP contribution in [0, 0.1) is 0 Å². The molecule has 0 saturated heterocycles. The van der Waals surface area contributed by atoms with E-state index in [-0.39, 0.29) is 6.79 Å². The number of thiazole rings is 1. The maximum absolute atomic E-state index is 6.13. The highest BCUT2D eigenvalue weighted by atomic mass is 35.5. The molecule has 0 atom stereocenters. The Labute approximate surface area is 130 Å².